The van der Waals surface area contributed by atoms with Gasteiger partial charge in [-0.2, -0.15) is 5.26 Å². The molecule has 2 aromatic carbocycles. The Morgan fingerprint density at radius 1 is 1.12 bits per heavy atom. The minimum absolute atomic E-state index is 0.0577. The molecule has 24 heavy (non-hydrogen) atoms. The number of fused-ring (bicyclic) bond motifs is 1. The predicted octanol–water partition coefficient (Wildman–Crippen LogP) is 3.26. The molecule has 6 nitrogen and oxygen atoms in total. The Hall–Kier alpha value is -3.37. The number of thiazole rings is 1. The summed E-state index contributed by atoms with van der Waals surface area (Å²) in [5.41, 5.74) is 7.18. The van der Waals surface area contributed by atoms with Crippen LogP contribution in [0.15, 0.2) is 66.4 Å². The van der Waals surface area contributed by atoms with E-state index in [-0.39, 0.29) is 5.57 Å². The average Bonchev–Trinajstić information content (AvgIpc) is 3.01. The first kappa shape index (κ1) is 15.5. The van der Waals surface area contributed by atoms with Crippen molar-refractivity contribution < 1.29 is 4.79 Å². The molecule has 3 N–H and O–H groups in total. The van der Waals surface area contributed by atoms with Gasteiger partial charge in [-0.15, -0.1) is 0 Å². The molecule has 0 saturated carbocycles. The maximum atomic E-state index is 12.2. The summed E-state index contributed by atoms with van der Waals surface area (Å²) >= 11 is 1.36. The Kier molecular flexibility index (Phi) is 4.70. The number of carbonyl (C=O) groups is 1. The summed E-state index contributed by atoms with van der Waals surface area (Å²) in [6, 6.07) is 18.8. The van der Waals surface area contributed by atoms with Gasteiger partial charge in [0.2, 0.25) is 0 Å². The number of benzene rings is 2. The van der Waals surface area contributed by atoms with Gasteiger partial charge in [-0.3, -0.25) is 10.1 Å². The van der Waals surface area contributed by atoms with Crippen LogP contribution in [0.1, 0.15) is 0 Å². The lowest BCUT2D eigenvalue weighted by molar-refractivity contribution is -0.112. The van der Waals surface area contributed by atoms with Gasteiger partial charge in [0.25, 0.3) is 5.91 Å². The van der Waals surface area contributed by atoms with Crippen LogP contribution in [0.25, 0.3) is 10.2 Å². The van der Waals surface area contributed by atoms with Crippen molar-refractivity contribution in [3.63, 3.8) is 0 Å². The highest BCUT2D eigenvalue weighted by molar-refractivity contribution is 7.22. The van der Waals surface area contributed by atoms with Gasteiger partial charge in [-0.1, -0.05) is 41.7 Å². The molecule has 0 aliphatic carbocycles. The fraction of sp³-hybridized carbons (Fsp3) is 0. The normalized spacial score (nSPS) is 10.9. The third kappa shape index (κ3) is 3.69. The maximum absolute atomic E-state index is 12.2. The Morgan fingerprint density at radius 3 is 2.62 bits per heavy atom. The van der Waals surface area contributed by atoms with E-state index in [0.29, 0.717) is 5.13 Å². The van der Waals surface area contributed by atoms with Crippen LogP contribution in [0.4, 0.5) is 10.8 Å². The van der Waals surface area contributed by atoms with E-state index in [1.54, 1.807) is 0 Å². The standard InChI is InChI=1S/C17H13N5OS/c18-10-12(11-19-22-13-6-2-1-3-7-13)16(23)21-17-20-14-8-4-5-9-15(14)24-17/h1-9,11,19,22H,(H,20,21,23)/b12-11+. The number of nitrogens with zero attached hydrogens (tertiary/aromatic N) is 2. The molecule has 0 unspecified atom stereocenters. The lowest BCUT2D eigenvalue weighted by Gasteiger charge is -2.05. The van der Waals surface area contributed by atoms with Crippen molar-refractivity contribution in [3.8, 4) is 6.07 Å². The predicted molar refractivity (Wildman–Crippen MR) is 95.1 cm³/mol. The van der Waals surface area contributed by atoms with Crippen LogP contribution in [-0.2, 0) is 4.79 Å². The van der Waals surface area contributed by atoms with E-state index in [2.05, 4.69) is 21.2 Å². The fourth-order valence-corrected chi connectivity index (χ4v) is 2.81. The molecule has 7 heteroatoms. The van der Waals surface area contributed by atoms with Crippen LogP contribution in [0, 0.1) is 11.3 Å². The molecule has 0 bridgehead atoms. The van der Waals surface area contributed by atoms with Crippen LogP contribution in [-0.4, -0.2) is 10.9 Å². The summed E-state index contributed by atoms with van der Waals surface area (Å²) in [6.07, 6.45) is 1.32. The van der Waals surface area contributed by atoms with Crippen LogP contribution in [0.3, 0.4) is 0 Å². The van der Waals surface area contributed by atoms with Crippen molar-refractivity contribution in [1.29, 1.82) is 5.26 Å². The van der Waals surface area contributed by atoms with Crippen molar-refractivity contribution in [3.05, 3.63) is 66.4 Å². The molecule has 0 atom stereocenters. The number of carbonyl (C=O) groups excluding carboxylic acids is 1. The molecule has 118 valence electrons. The van der Waals surface area contributed by atoms with Crippen molar-refractivity contribution >= 4 is 38.3 Å². The molecule has 1 amide bonds. The minimum atomic E-state index is -0.515. The lowest BCUT2D eigenvalue weighted by atomic mass is 10.3. The van der Waals surface area contributed by atoms with E-state index in [1.165, 1.54) is 17.5 Å². The topological polar surface area (TPSA) is 89.8 Å². The van der Waals surface area contributed by atoms with E-state index >= 15 is 0 Å². The van der Waals surface area contributed by atoms with Gasteiger partial charge in [0.15, 0.2) is 5.13 Å². The number of rotatable bonds is 5. The SMILES string of the molecule is N#C/C(=C\NNc1ccccc1)C(=O)Nc1nc2ccccc2s1. The molecule has 1 aromatic heterocycles. The largest absolute Gasteiger partial charge is 0.307 e. The number of hydrogen-bond donors (Lipinski definition) is 3. The van der Waals surface area contributed by atoms with E-state index in [4.69, 9.17) is 5.26 Å². The number of amides is 1. The number of nitriles is 1. The Labute approximate surface area is 142 Å². The molecular weight excluding hydrogens is 322 g/mol. The Bertz CT molecular complexity index is 894. The zero-order valence-electron chi connectivity index (χ0n) is 12.5. The van der Waals surface area contributed by atoms with Gasteiger partial charge < -0.3 is 10.9 Å². The molecule has 3 aromatic rings. The highest BCUT2D eigenvalue weighted by atomic mass is 32.1. The van der Waals surface area contributed by atoms with Gasteiger partial charge in [-0.05, 0) is 24.3 Å². The molecule has 0 aliphatic heterocycles. The van der Waals surface area contributed by atoms with Crippen molar-refractivity contribution in [2.45, 2.75) is 0 Å². The van der Waals surface area contributed by atoms with Crippen LogP contribution in [0.5, 0.6) is 0 Å². The highest BCUT2D eigenvalue weighted by Crippen LogP contribution is 2.25. The maximum Gasteiger partial charge on any atom is 0.269 e. The van der Waals surface area contributed by atoms with Crippen molar-refractivity contribution in [1.82, 2.24) is 10.4 Å². The minimum Gasteiger partial charge on any atom is -0.307 e. The first-order chi connectivity index (χ1) is 11.8. The molecule has 0 fully saturated rings. The van der Waals surface area contributed by atoms with Crippen LogP contribution in [0.2, 0.25) is 0 Å². The van der Waals surface area contributed by atoms with E-state index in [9.17, 15) is 4.79 Å². The van der Waals surface area contributed by atoms with Crippen LogP contribution >= 0.6 is 11.3 Å². The molecule has 0 aliphatic rings. The Balaban J connectivity index is 1.65. The zero-order chi connectivity index (χ0) is 16.8. The molecule has 1 heterocycles. The summed E-state index contributed by atoms with van der Waals surface area (Å²) in [5.74, 6) is -0.515. The number of hydrazine groups is 1. The smallest absolute Gasteiger partial charge is 0.269 e. The summed E-state index contributed by atoms with van der Waals surface area (Å²) in [7, 11) is 0. The molecular formula is C17H13N5OS. The van der Waals surface area contributed by atoms with Gasteiger partial charge in [0.05, 0.1) is 15.9 Å². The number of nitrogens with one attached hydrogen (secondary N) is 3. The number of anilines is 2. The van der Waals surface area contributed by atoms with Gasteiger partial charge in [0, 0.05) is 6.20 Å². The summed E-state index contributed by atoms with van der Waals surface area (Å²) < 4.78 is 0.971. The first-order valence-corrected chi connectivity index (χ1v) is 7.92. The number of hydrogen-bond acceptors (Lipinski definition) is 6. The average molecular weight is 335 g/mol. The summed E-state index contributed by atoms with van der Waals surface area (Å²) in [5, 5.41) is 12.2. The quantitative estimate of drug-likeness (QED) is 0.378. The Morgan fingerprint density at radius 2 is 1.88 bits per heavy atom. The molecule has 0 radical (unpaired) electrons. The van der Waals surface area contributed by atoms with E-state index in [0.717, 1.165) is 15.9 Å². The molecule has 3 rings (SSSR count). The van der Waals surface area contributed by atoms with Crippen LogP contribution < -0.4 is 16.2 Å². The number of para-hydroxylation sites is 2. The zero-order valence-corrected chi connectivity index (χ0v) is 13.3. The lowest BCUT2D eigenvalue weighted by Crippen LogP contribution is -2.19. The van der Waals surface area contributed by atoms with Crippen molar-refractivity contribution in [2.24, 2.45) is 0 Å². The van der Waals surface area contributed by atoms with E-state index < -0.39 is 5.91 Å². The monoisotopic (exact) mass is 335 g/mol. The second-order valence-electron chi connectivity index (χ2n) is 4.75. The fourth-order valence-electron chi connectivity index (χ4n) is 1.95. The van der Waals surface area contributed by atoms with Gasteiger partial charge in [0.1, 0.15) is 11.6 Å². The highest BCUT2D eigenvalue weighted by Gasteiger charge is 2.12. The van der Waals surface area contributed by atoms with Crippen molar-refractivity contribution in [2.75, 3.05) is 10.7 Å². The third-order valence-corrected chi connectivity index (χ3v) is 4.04. The molecule has 0 spiro atoms. The number of aromatic nitrogens is 1. The van der Waals surface area contributed by atoms with E-state index in [1.807, 2.05) is 60.7 Å². The summed E-state index contributed by atoms with van der Waals surface area (Å²) in [6.45, 7) is 0. The first-order valence-electron chi connectivity index (χ1n) is 7.10. The second kappa shape index (κ2) is 7.26. The second-order valence-corrected chi connectivity index (χ2v) is 5.78. The third-order valence-electron chi connectivity index (χ3n) is 3.09. The van der Waals surface area contributed by atoms with Gasteiger partial charge in [-0.25, -0.2) is 4.98 Å². The molecule has 0 saturated heterocycles. The summed E-state index contributed by atoms with van der Waals surface area (Å²) in [4.78, 5) is 16.5. The van der Waals surface area contributed by atoms with Gasteiger partial charge >= 0.3 is 0 Å².